The second kappa shape index (κ2) is 10.1. The number of carbonyl (C=O) groups excluding carboxylic acids is 2. The second-order valence-corrected chi connectivity index (χ2v) is 10.1. The minimum atomic E-state index is -3.47. The van der Waals surface area contributed by atoms with Gasteiger partial charge in [0.15, 0.2) is 0 Å². The lowest BCUT2D eigenvalue weighted by Crippen LogP contribution is -2.50. The Balaban J connectivity index is 1.73. The van der Waals surface area contributed by atoms with Gasteiger partial charge in [0.2, 0.25) is 10.0 Å². The van der Waals surface area contributed by atoms with E-state index in [1.807, 2.05) is 20.8 Å². The molecule has 1 aromatic rings. The number of amides is 2. The van der Waals surface area contributed by atoms with E-state index in [1.165, 1.54) is 0 Å². The standard InChI is InChI=1S/C20H32N4O5S/c1-20(2,3)29-19(26)24-14-12-23(13-15-24)11-7-10-21-18(25)16-8-5-6-9-17(16)22-30(4,27)28/h5-6,8-9,22H,7,10-15H2,1-4H3,(H,21,25). The molecule has 0 saturated carbocycles. The summed E-state index contributed by atoms with van der Waals surface area (Å²) in [6.07, 6.45) is 1.51. The summed E-state index contributed by atoms with van der Waals surface area (Å²) in [5.41, 5.74) is 0.0478. The van der Waals surface area contributed by atoms with Crippen LogP contribution in [0.3, 0.4) is 0 Å². The van der Waals surface area contributed by atoms with Gasteiger partial charge in [0.1, 0.15) is 5.60 Å². The van der Waals surface area contributed by atoms with E-state index in [0.717, 1.165) is 32.3 Å². The highest BCUT2D eigenvalue weighted by atomic mass is 32.2. The van der Waals surface area contributed by atoms with E-state index in [1.54, 1.807) is 29.2 Å². The van der Waals surface area contributed by atoms with Crippen molar-refractivity contribution in [3.63, 3.8) is 0 Å². The third-order valence-electron chi connectivity index (χ3n) is 4.43. The predicted octanol–water partition coefficient (Wildman–Crippen LogP) is 1.73. The van der Waals surface area contributed by atoms with Crippen LogP contribution in [0.5, 0.6) is 0 Å². The normalized spacial score (nSPS) is 15.5. The first-order chi connectivity index (χ1) is 13.9. The van der Waals surface area contributed by atoms with Crippen molar-refractivity contribution >= 4 is 27.7 Å². The van der Waals surface area contributed by atoms with E-state index >= 15 is 0 Å². The molecule has 2 N–H and O–H groups in total. The molecule has 0 aromatic heterocycles. The maximum Gasteiger partial charge on any atom is 0.410 e. The van der Waals surface area contributed by atoms with Gasteiger partial charge in [-0.2, -0.15) is 0 Å². The number of piperazine rings is 1. The SMILES string of the molecule is CC(C)(C)OC(=O)N1CCN(CCCNC(=O)c2ccccc2NS(C)(=O)=O)CC1. The molecule has 0 aliphatic carbocycles. The molecule has 1 saturated heterocycles. The fourth-order valence-corrected chi connectivity index (χ4v) is 3.63. The summed E-state index contributed by atoms with van der Waals surface area (Å²) in [6.45, 7) is 9.57. The predicted molar refractivity (Wildman–Crippen MR) is 116 cm³/mol. The third kappa shape index (κ3) is 8.19. The number of rotatable bonds is 7. The van der Waals surface area contributed by atoms with Crippen molar-refractivity contribution in [2.45, 2.75) is 32.8 Å². The van der Waals surface area contributed by atoms with Crippen molar-refractivity contribution in [2.75, 3.05) is 50.2 Å². The fraction of sp³-hybridized carbons (Fsp3) is 0.600. The summed E-state index contributed by atoms with van der Waals surface area (Å²) in [7, 11) is -3.47. The number of carbonyl (C=O) groups is 2. The first-order valence-corrected chi connectivity index (χ1v) is 11.9. The summed E-state index contributed by atoms with van der Waals surface area (Å²) in [6, 6.07) is 6.49. The van der Waals surface area contributed by atoms with Crippen LogP contribution in [0.25, 0.3) is 0 Å². The maximum atomic E-state index is 12.4. The fourth-order valence-electron chi connectivity index (χ4n) is 3.05. The number of hydrogen-bond donors (Lipinski definition) is 2. The number of benzene rings is 1. The molecule has 0 unspecified atom stereocenters. The molecule has 168 valence electrons. The Morgan fingerprint density at radius 3 is 2.33 bits per heavy atom. The molecule has 2 rings (SSSR count). The van der Waals surface area contributed by atoms with Crippen LogP contribution in [0, 0.1) is 0 Å². The largest absolute Gasteiger partial charge is 0.444 e. The Morgan fingerprint density at radius 2 is 1.73 bits per heavy atom. The van der Waals surface area contributed by atoms with Crippen molar-refractivity contribution < 1.29 is 22.7 Å². The average molecular weight is 441 g/mol. The molecule has 10 heteroatoms. The number of anilines is 1. The molecule has 9 nitrogen and oxygen atoms in total. The number of nitrogens with one attached hydrogen (secondary N) is 2. The van der Waals surface area contributed by atoms with Crippen LogP contribution in [-0.4, -0.2) is 81.3 Å². The molecule has 0 spiro atoms. The van der Waals surface area contributed by atoms with Gasteiger partial charge in [-0.05, 0) is 45.9 Å². The van der Waals surface area contributed by atoms with E-state index in [9.17, 15) is 18.0 Å². The zero-order valence-corrected chi connectivity index (χ0v) is 18.9. The Bertz CT molecular complexity index is 843. The van der Waals surface area contributed by atoms with Crippen LogP contribution in [0.15, 0.2) is 24.3 Å². The van der Waals surface area contributed by atoms with Gasteiger partial charge in [-0.15, -0.1) is 0 Å². The topological polar surface area (TPSA) is 108 Å². The number of para-hydroxylation sites is 1. The lowest BCUT2D eigenvalue weighted by Gasteiger charge is -2.35. The smallest absolute Gasteiger partial charge is 0.410 e. The van der Waals surface area contributed by atoms with Gasteiger partial charge >= 0.3 is 6.09 Å². The highest BCUT2D eigenvalue weighted by molar-refractivity contribution is 7.92. The van der Waals surface area contributed by atoms with Crippen molar-refractivity contribution in [3.05, 3.63) is 29.8 Å². The zero-order valence-electron chi connectivity index (χ0n) is 18.1. The third-order valence-corrected chi connectivity index (χ3v) is 5.02. The van der Waals surface area contributed by atoms with Gasteiger partial charge in [-0.25, -0.2) is 13.2 Å². The molecule has 30 heavy (non-hydrogen) atoms. The minimum absolute atomic E-state index is 0.260. The van der Waals surface area contributed by atoms with Gasteiger partial charge in [-0.1, -0.05) is 12.1 Å². The number of hydrogen-bond acceptors (Lipinski definition) is 6. The first-order valence-electron chi connectivity index (χ1n) is 10.00. The molecular formula is C20H32N4O5S. The monoisotopic (exact) mass is 440 g/mol. The minimum Gasteiger partial charge on any atom is -0.444 e. The van der Waals surface area contributed by atoms with Crippen molar-refractivity contribution in [2.24, 2.45) is 0 Å². The zero-order chi connectivity index (χ0) is 22.4. The van der Waals surface area contributed by atoms with Gasteiger partial charge in [-0.3, -0.25) is 14.4 Å². The van der Waals surface area contributed by atoms with Gasteiger partial charge in [0.25, 0.3) is 5.91 Å². The molecule has 1 heterocycles. The summed E-state index contributed by atoms with van der Waals surface area (Å²) in [5.74, 6) is -0.323. The highest BCUT2D eigenvalue weighted by Gasteiger charge is 2.25. The van der Waals surface area contributed by atoms with Crippen LogP contribution < -0.4 is 10.0 Å². The Labute approximate surface area is 178 Å². The van der Waals surface area contributed by atoms with E-state index in [0.29, 0.717) is 19.6 Å². The first kappa shape index (κ1) is 23.9. The highest BCUT2D eigenvalue weighted by Crippen LogP contribution is 2.16. The molecular weight excluding hydrogens is 408 g/mol. The van der Waals surface area contributed by atoms with Crippen LogP contribution in [0.4, 0.5) is 10.5 Å². The molecule has 0 bridgehead atoms. The Kier molecular flexibility index (Phi) is 8.08. The van der Waals surface area contributed by atoms with E-state index in [4.69, 9.17) is 4.74 Å². The number of ether oxygens (including phenoxy) is 1. The lowest BCUT2D eigenvalue weighted by atomic mass is 10.1. The van der Waals surface area contributed by atoms with Crippen molar-refractivity contribution in [1.29, 1.82) is 0 Å². The van der Waals surface area contributed by atoms with E-state index in [-0.39, 0.29) is 23.3 Å². The summed E-state index contributed by atoms with van der Waals surface area (Å²) >= 11 is 0. The molecule has 0 atom stereocenters. The Hall–Kier alpha value is -2.33. The van der Waals surface area contributed by atoms with Gasteiger partial charge in [0, 0.05) is 32.7 Å². The molecule has 1 fully saturated rings. The van der Waals surface area contributed by atoms with Gasteiger partial charge < -0.3 is 15.0 Å². The van der Waals surface area contributed by atoms with Crippen LogP contribution in [0.2, 0.25) is 0 Å². The van der Waals surface area contributed by atoms with E-state index < -0.39 is 15.6 Å². The lowest BCUT2D eigenvalue weighted by molar-refractivity contribution is 0.0144. The summed E-state index contributed by atoms with van der Waals surface area (Å²) in [5, 5.41) is 2.83. The number of sulfonamides is 1. The maximum absolute atomic E-state index is 12.4. The summed E-state index contributed by atoms with van der Waals surface area (Å²) in [4.78, 5) is 28.5. The quantitative estimate of drug-likeness (QED) is 0.625. The van der Waals surface area contributed by atoms with E-state index in [2.05, 4.69) is 14.9 Å². The molecule has 1 aliphatic heterocycles. The Morgan fingerprint density at radius 1 is 1.10 bits per heavy atom. The van der Waals surface area contributed by atoms with Crippen molar-refractivity contribution in [3.8, 4) is 0 Å². The van der Waals surface area contributed by atoms with Crippen molar-refractivity contribution in [1.82, 2.24) is 15.1 Å². The molecule has 1 aliphatic rings. The van der Waals surface area contributed by atoms with Crippen LogP contribution >= 0.6 is 0 Å². The number of nitrogens with zero attached hydrogens (tertiary/aromatic N) is 2. The molecule has 1 aromatic carbocycles. The molecule has 2 amide bonds. The van der Waals surface area contributed by atoms with Gasteiger partial charge in [0.05, 0.1) is 17.5 Å². The van der Waals surface area contributed by atoms with Crippen LogP contribution in [0.1, 0.15) is 37.6 Å². The summed E-state index contributed by atoms with van der Waals surface area (Å²) < 4.78 is 30.7. The van der Waals surface area contributed by atoms with Crippen LogP contribution in [-0.2, 0) is 14.8 Å². The average Bonchev–Trinajstić information content (AvgIpc) is 2.63. The molecule has 0 radical (unpaired) electrons. The second-order valence-electron chi connectivity index (χ2n) is 8.34.